The number of anilines is 3. The third kappa shape index (κ3) is 10.7. The highest BCUT2D eigenvalue weighted by Gasteiger charge is 2.26. The van der Waals surface area contributed by atoms with E-state index < -0.39 is 28.4 Å². The molecular weight excluding hydrogens is 718 g/mol. The third-order valence-corrected chi connectivity index (χ3v) is 8.27. The first-order chi connectivity index (χ1) is 26.1. The number of nitrogens with one attached hydrogen (secondary N) is 4. The number of nitro groups is 1. The molecule has 55 heavy (non-hydrogen) atoms. The van der Waals surface area contributed by atoms with Gasteiger partial charge < -0.3 is 54.1 Å². The second-order valence-electron chi connectivity index (χ2n) is 12.8. The lowest BCUT2D eigenvalue weighted by Gasteiger charge is -2.12. The van der Waals surface area contributed by atoms with Gasteiger partial charge in [0.25, 0.3) is 23.4 Å². The highest BCUT2D eigenvalue weighted by Crippen LogP contribution is 2.35. The Labute approximate surface area is 316 Å². The van der Waals surface area contributed by atoms with Crippen LogP contribution in [0.1, 0.15) is 61.1 Å². The summed E-state index contributed by atoms with van der Waals surface area (Å²) in [6.45, 7) is 1.36. The van der Waals surface area contributed by atoms with E-state index in [1.807, 2.05) is 19.0 Å². The zero-order valence-corrected chi connectivity index (χ0v) is 31.7. The van der Waals surface area contributed by atoms with E-state index in [-0.39, 0.29) is 59.7 Å². The van der Waals surface area contributed by atoms with Gasteiger partial charge in [-0.2, -0.15) is 0 Å². The number of carbonyl (C=O) groups excluding carboxylic acids is 5. The summed E-state index contributed by atoms with van der Waals surface area (Å²) in [6.07, 6.45) is 5.83. The molecule has 0 saturated carbocycles. The first-order valence-electron chi connectivity index (χ1n) is 17.0. The first-order valence-corrected chi connectivity index (χ1v) is 17.0. The van der Waals surface area contributed by atoms with Gasteiger partial charge in [-0.15, -0.1) is 0 Å². The maximum Gasteiger partial charge on any atom is 0.345 e. The van der Waals surface area contributed by atoms with E-state index in [2.05, 4.69) is 26.0 Å². The van der Waals surface area contributed by atoms with Crippen molar-refractivity contribution in [3.8, 4) is 11.5 Å². The summed E-state index contributed by atoms with van der Waals surface area (Å²) in [7, 11) is 11.3. The van der Waals surface area contributed by atoms with Crippen LogP contribution in [0.25, 0.3) is 0 Å². The molecule has 0 unspecified atom stereocenters. The number of rotatable bonds is 18. The Balaban J connectivity index is 1.29. The predicted molar refractivity (Wildman–Crippen MR) is 202 cm³/mol. The van der Waals surface area contributed by atoms with Crippen molar-refractivity contribution in [2.24, 2.45) is 21.1 Å². The average molecular weight is 764 g/mol. The van der Waals surface area contributed by atoms with E-state index in [0.717, 1.165) is 32.2 Å². The lowest BCUT2D eigenvalue weighted by molar-refractivity contribution is -0.385. The van der Waals surface area contributed by atoms with E-state index in [1.165, 1.54) is 23.8 Å². The summed E-state index contributed by atoms with van der Waals surface area (Å²) in [5, 5.41) is 22.7. The Kier molecular flexibility index (Phi) is 13.8. The number of nitro benzene ring substituents is 1. The maximum absolute atomic E-state index is 13.2. The second kappa shape index (κ2) is 18.4. The number of benzene rings is 1. The number of methoxy groups -OCH3 is 2. The molecule has 0 aliphatic carbocycles. The van der Waals surface area contributed by atoms with Crippen LogP contribution in [0.3, 0.4) is 0 Å². The molecule has 4 N–H and O–H groups in total. The number of carbonyl (C=O) groups is 5. The molecule has 0 saturated heterocycles. The summed E-state index contributed by atoms with van der Waals surface area (Å²) in [5.41, 5.74) is 1.22. The fourth-order valence-corrected chi connectivity index (χ4v) is 5.54. The van der Waals surface area contributed by atoms with Crippen molar-refractivity contribution >= 4 is 52.3 Å². The topological polar surface area (TPSA) is 222 Å². The molecule has 3 aromatic heterocycles. The molecule has 0 aliphatic heterocycles. The van der Waals surface area contributed by atoms with Gasteiger partial charge in [-0.25, -0.2) is 4.79 Å². The molecule has 4 rings (SSSR count). The van der Waals surface area contributed by atoms with E-state index >= 15 is 0 Å². The lowest BCUT2D eigenvalue weighted by atomic mass is 10.1. The summed E-state index contributed by atoms with van der Waals surface area (Å²) in [5.74, 6) is -2.36. The molecule has 19 heteroatoms. The van der Waals surface area contributed by atoms with Crippen LogP contribution in [-0.2, 0) is 30.7 Å². The van der Waals surface area contributed by atoms with Crippen molar-refractivity contribution in [2.75, 3.05) is 64.0 Å². The van der Waals surface area contributed by atoms with Gasteiger partial charge in [0.1, 0.15) is 22.6 Å². The Morgan fingerprint density at radius 3 is 1.76 bits per heavy atom. The lowest BCUT2D eigenvalue weighted by Crippen LogP contribution is -2.28. The molecule has 0 fully saturated rings. The van der Waals surface area contributed by atoms with Crippen LogP contribution < -0.4 is 30.7 Å². The smallest absolute Gasteiger partial charge is 0.345 e. The first kappa shape index (κ1) is 41.1. The molecule has 0 atom stereocenters. The second-order valence-corrected chi connectivity index (χ2v) is 12.8. The minimum absolute atomic E-state index is 0.000903. The summed E-state index contributed by atoms with van der Waals surface area (Å²) < 4.78 is 20.2. The number of ether oxygens (including phenoxy) is 3. The van der Waals surface area contributed by atoms with Crippen LogP contribution in [0.2, 0.25) is 0 Å². The van der Waals surface area contributed by atoms with Crippen LogP contribution in [-0.4, -0.2) is 101 Å². The number of aryl methyl sites for hydroxylation is 3. The molecule has 0 aliphatic rings. The Morgan fingerprint density at radius 2 is 1.27 bits per heavy atom. The molecule has 1 aromatic carbocycles. The molecule has 0 spiro atoms. The molecule has 3 heterocycles. The Hall–Kier alpha value is -6.63. The van der Waals surface area contributed by atoms with Gasteiger partial charge in [0.05, 0.1) is 48.9 Å². The number of nitrogens with zero attached hydrogens (tertiary/aromatic N) is 5. The van der Waals surface area contributed by atoms with Crippen molar-refractivity contribution < 1.29 is 43.1 Å². The molecular formula is C36H45N9O10. The minimum atomic E-state index is -0.905. The van der Waals surface area contributed by atoms with Crippen LogP contribution in [0.15, 0.2) is 48.9 Å². The van der Waals surface area contributed by atoms with Gasteiger partial charge in [0, 0.05) is 58.8 Å². The number of hydrogen-bond donors (Lipinski definition) is 4. The van der Waals surface area contributed by atoms with E-state index in [0.29, 0.717) is 29.3 Å². The van der Waals surface area contributed by atoms with Gasteiger partial charge in [0.2, 0.25) is 5.91 Å². The van der Waals surface area contributed by atoms with Gasteiger partial charge in [0.15, 0.2) is 11.5 Å². The van der Waals surface area contributed by atoms with Gasteiger partial charge >= 0.3 is 5.97 Å². The van der Waals surface area contributed by atoms with Crippen molar-refractivity contribution in [1.29, 1.82) is 0 Å². The molecule has 294 valence electrons. The Morgan fingerprint density at radius 1 is 0.745 bits per heavy atom. The maximum atomic E-state index is 13.2. The van der Waals surface area contributed by atoms with E-state index in [4.69, 9.17) is 9.47 Å². The number of esters is 1. The monoisotopic (exact) mass is 763 g/mol. The number of amides is 4. The van der Waals surface area contributed by atoms with Crippen molar-refractivity contribution in [3.05, 3.63) is 81.7 Å². The van der Waals surface area contributed by atoms with Gasteiger partial charge in [-0.05, 0) is 51.7 Å². The predicted octanol–water partition coefficient (Wildman–Crippen LogP) is 3.39. The number of hydrogen-bond acceptors (Lipinski definition) is 11. The van der Waals surface area contributed by atoms with Gasteiger partial charge in [-0.3, -0.25) is 29.3 Å². The van der Waals surface area contributed by atoms with Crippen LogP contribution in [0.4, 0.5) is 22.7 Å². The van der Waals surface area contributed by atoms with Crippen LogP contribution in [0, 0.1) is 10.1 Å². The summed E-state index contributed by atoms with van der Waals surface area (Å²) in [4.78, 5) is 76.4. The SMILES string of the molecule is COC(=O)c1cc(OC)c(OCCCC(=O)Nc2cc(C(=O)Nc3cc(C(=O)Nc4cc(C(=O)NCCCN(C)C)n(C)c4)n(C)c3)n(C)c2)cc1[N+](=O)[O-]. The van der Waals surface area contributed by atoms with Crippen molar-refractivity contribution in [2.45, 2.75) is 19.3 Å². The quantitative estimate of drug-likeness (QED) is 0.0498. The fourth-order valence-electron chi connectivity index (χ4n) is 5.54. The molecule has 0 bridgehead atoms. The zero-order chi connectivity index (χ0) is 40.4. The molecule has 4 amide bonds. The molecule has 0 radical (unpaired) electrons. The molecule has 4 aromatic rings. The normalized spacial score (nSPS) is 10.8. The number of aromatic nitrogens is 3. The Bertz CT molecular complexity index is 2080. The average Bonchev–Trinajstić information content (AvgIpc) is 3.82. The van der Waals surface area contributed by atoms with Gasteiger partial charge in [-0.1, -0.05) is 0 Å². The third-order valence-electron chi connectivity index (χ3n) is 8.27. The standard InChI is InChI=1S/C36H45N9O10/c1-41(2)12-9-11-37-33(47)27-15-23(20-42(27)3)39-35(49)29-16-24(21-44(29)5)40-34(48)28-14-22(19-43(28)4)38-32(46)10-8-13-55-31-18-26(45(51)52)25(36(50)54-7)17-30(31)53-6/h14-21H,8-13H2,1-7H3,(H,37,47)(H,38,46)(H,39,49)(H,40,48). The van der Waals surface area contributed by atoms with Crippen LogP contribution >= 0.6 is 0 Å². The summed E-state index contributed by atoms with van der Waals surface area (Å²) >= 11 is 0. The van der Waals surface area contributed by atoms with Crippen molar-refractivity contribution in [3.63, 3.8) is 0 Å². The van der Waals surface area contributed by atoms with Crippen molar-refractivity contribution in [1.82, 2.24) is 23.9 Å². The summed E-state index contributed by atoms with van der Waals surface area (Å²) in [6, 6.07) is 6.82. The molecule has 19 nitrogen and oxygen atoms in total. The van der Waals surface area contributed by atoms with Crippen LogP contribution in [0.5, 0.6) is 11.5 Å². The van der Waals surface area contributed by atoms with E-state index in [9.17, 15) is 34.1 Å². The van der Waals surface area contributed by atoms with E-state index in [1.54, 1.807) is 54.9 Å². The largest absolute Gasteiger partial charge is 0.493 e. The highest BCUT2D eigenvalue weighted by molar-refractivity contribution is 6.07. The minimum Gasteiger partial charge on any atom is -0.493 e. The fraction of sp³-hybridized carbons (Fsp3) is 0.361. The zero-order valence-electron chi connectivity index (χ0n) is 31.7. The highest BCUT2D eigenvalue weighted by atomic mass is 16.6.